The van der Waals surface area contributed by atoms with Crippen LogP contribution in [0.3, 0.4) is 0 Å². The molecule has 0 aliphatic heterocycles. The number of benzene rings is 2. The maximum Gasteiger partial charge on any atom is 0.232 e. The zero-order chi connectivity index (χ0) is 19.3. The number of anilines is 2. The molecule has 6 nitrogen and oxygen atoms in total. The van der Waals surface area contributed by atoms with Gasteiger partial charge < -0.3 is 5.32 Å². The maximum absolute atomic E-state index is 12.2. The van der Waals surface area contributed by atoms with Crippen molar-refractivity contribution in [3.63, 3.8) is 0 Å². The number of nitrogens with zero attached hydrogens (tertiary/aromatic N) is 2. The average Bonchev–Trinajstić information content (AvgIpc) is 2.57. The van der Waals surface area contributed by atoms with Crippen LogP contribution in [0, 0.1) is 25.2 Å². The summed E-state index contributed by atoms with van der Waals surface area (Å²) in [7, 11) is -3.53. The molecule has 0 aromatic heterocycles. The van der Waals surface area contributed by atoms with E-state index in [9.17, 15) is 13.2 Å². The van der Waals surface area contributed by atoms with Gasteiger partial charge >= 0.3 is 0 Å². The van der Waals surface area contributed by atoms with Gasteiger partial charge in [-0.3, -0.25) is 9.10 Å². The smallest absolute Gasteiger partial charge is 0.232 e. The number of nitriles is 1. The summed E-state index contributed by atoms with van der Waals surface area (Å²) in [5.74, 6) is -0.356. The van der Waals surface area contributed by atoms with Gasteiger partial charge in [0.2, 0.25) is 15.9 Å². The van der Waals surface area contributed by atoms with Crippen molar-refractivity contribution in [1.29, 1.82) is 5.26 Å². The molecule has 136 valence electrons. The minimum atomic E-state index is -3.53. The van der Waals surface area contributed by atoms with Crippen molar-refractivity contribution in [2.75, 3.05) is 22.4 Å². The number of amides is 1. The molecule has 0 aliphatic carbocycles. The van der Waals surface area contributed by atoms with Crippen molar-refractivity contribution >= 4 is 27.3 Å². The lowest BCUT2D eigenvalue weighted by Gasteiger charge is -2.23. The van der Waals surface area contributed by atoms with E-state index < -0.39 is 10.0 Å². The van der Waals surface area contributed by atoms with Gasteiger partial charge in [-0.2, -0.15) is 5.26 Å². The molecule has 7 heteroatoms. The Morgan fingerprint density at radius 3 is 2.46 bits per heavy atom. The monoisotopic (exact) mass is 371 g/mol. The summed E-state index contributed by atoms with van der Waals surface area (Å²) in [5.41, 5.74) is 3.34. The Morgan fingerprint density at radius 2 is 1.85 bits per heavy atom. The molecule has 0 unspecified atom stereocenters. The predicted molar refractivity (Wildman–Crippen MR) is 103 cm³/mol. The maximum atomic E-state index is 12.2. The summed E-state index contributed by atoms with van der Waals surface area (Å²) in [6.07, 6.45) is 1.09. The molecule has 2 aromatic carbocycles. The third kappa shape index (κ3) is 4.83. The van der Waals surface area contributed by atoms with Gasteiger partial charge in [-0.1, -0.05) is 18.2 Å². The summed E-state index contributed by atoms with van der Waals surface area (Å²) >= 11 is 0. The summed E-state index contributed by atoms with van der Waals surface area (Å²) in [5, 5.41) is 11.7. The van der Waals surface area contributed by atoms with Crippen LogP contribution in [0.4, 0.5) is 11.4 Å². The molecule has 0 spiro atoms. The Hall–Kier alpha value is -2.85. The van der Waals surface area contributed by atoms with E-state index in [4.69, 9.17) is 5.26 Å². The van der Waals surface area contributed by atoms with Crippen LogP contribution in [0.2, 0.25) is 0 Å². The van der Waals surface area contributed by atoms with Crippen molar-refractivity contribution in [3.05, 3.63) is 59.2 Å². The summed E-state index contributed by atoms with van der Waals surface area (Å²) in [6, 6.07) is 14.0. The lowest BCUT2D eigenvalue weighted by Crippen LogP contribution is -2.33. The predicted octanol–water partition coefficient (Wildman–Crippen LogP) is 2.97. The van der Waals surface area contributed by atoms with Crippen LogP contribution in [0.1, 0.15) is 23.1 Å². The first-order valence-electron chi connectivity index (χ1n) is 8.06. The fourth-order valence-corrected chi connectivity index (χ4v) is 3.39. The molecule has 0 bridgehead atoms. The SMILES string of the molecule is Cc1ccc(N(CCC(=O)Nc2ccccc2C#N)S(C)(=O)=O)cc1C. The van der Waals surface area contributed by atoms with E-state index in [1.165, 1.54) is 4.31 Å². The van der Waals surface area contributed by atoms with Gasteiger partial charge in [-0.25, -0.2) is 8.42 Å². The Labute approximate surface area is 154 Å². The average molecular weight is 371 g/mol. The van der Waals surface area contributed by atoms with E-state index >= 15 is 0 Å². The van der Waals surface area contributed by atoms with Gasteiger partial charge in [0.05, 0.1) is 23.2 Å². The van der Waals surface area contributed by atoms with Crippen molar-refractivity contribution in [2.45, 2.75) is 20.3 Å². The van der Waals surface area contributed by atoms with E-state index in [1.54, 1.807) is 36.4 Å². The first-order chi connectivity index (χ1) is 12.2. The molecule has 2 rings (SSSR count). The summed E-state index contributed by atoms with van der Waals surface area (Å²) < 4.78 is 25.5. The van der Waals surface area contributed by atoms with E-state index in [0.29, 0.717) is 16.9 Å². The van der Waals surface area contributed by atoms with Gasteiger partial charge in [-0.15, -0.1) is 0 Å². The topological polar surface area (TPSA) is 90.3 Å². The van der Waals surface area contributed by atoms with Crippen LogP contribution in [0.5, 0.6) is 0 Å². The van der Waals surface area contributed by atoms with E-state index in [0.717, 1.165) is 17.4 Å². The molecule has 2 aromatic rings. The minimum absolute atomic E-state index is 0.0158. The van der Waals surface area contributed by atoms with Gasteiger partial charge in [0.15, 0.2) is 0 Å². The second kappa shape index (κ2) is 8.02. The third-order valence-corrected chi connectivity index (χ3v) is 5.24. The number of hydrogen-bond acceptors (Lipinski definition) is 4. The normalized spacial score (nSPS) is 10.8. The Kier molecular flexibility index (Phi) is 6.01. The highest BCUT2D eigenvalue weighted by atomic mass is 32.2. The molecule has 0 aliphatic rings. The van der Waals surface area contributed by atoms with Crippen molar-refractivity contribution in [3.8, 4) is 6.07 Å². The zero-order valence-electron chi connectivity index (χ0n) is 15.0. The Bertz CT molecular complexity index is 962. The minimum Gasteiger partial charge on any atom is -0.325 e. The Morgan fingerprint density at radius 1 is 1.15 bits per heavy atom. The highest BCUT2D eigenvalue weighted by Crippen LogP contribution is 2.22. The van der Waals surface area contributed by atoms with Crippen LogP contribution >= 0.6 is 0 Å². The van der Waals surface area contributed by atoms with Gasteiger partial charge in [0.25, 0.3) is 0 Å². The number of para-hydroxylation sites is 1. The zero-order valence-corrected chi connectivity index (χ0v) is 15.8. The second-order valence-electron chi connectivity index (χ2n) is 6.06. The van der Waals surface area contributed by atoms with Crippen LogP contribution in [-0.4, -0.2) is 27.1 Å². The van der Waals surface area contributed by atoms with Crippen LogP contribution in [-0.2, 0) is 14.8 Å². The van der Waals surface area contributed by atoms with Gasteiger partial charge in [-0.05, 0) is 49.2 Å². The lowest BCUT2D eigenvalue weighted by molar-refractivity contribution is -0.116. The molecule has 1 amide bonds. The van der Waals surface area contributed by atoms with Crippen molar-refractivity contribution < 1.29 is 13.2 Å². The number of carbonyl (C=O) groups is 1. The van der Waals surface area contributed by atoms with E-state index in [1.807, 2.05) is 26.0 Å². The highest BCUT2D eigenvalue weighted by Gasteiger charge is 2.19. The fraction of sp³-hybridized carbons (Fsp3) is 0.263. The highest BCUT2D eigenvalue weighted by molar-refractivity contribution is 7.92. The second-order valence-corrected chi connectivity index (χ2v) is 7.97. The number of aryl methyl sites for hydroxylation is 2. The van der Waals surface area contributed by atoms with E-state index in [2.05, 4.69) is 5.32 Å². The van der Waals surface area contributed by atoms with Gasteiger partial charge in [0, 0.05) is 13.0 Å². The summed E-state index contributed by atoms with van der Waals surface area (Å²) in [4.78, 5) is 12.2. The molecule has 0 saturated heterocycles. The molecular formula is C19H21N3O3S. The van der Waals surface area contributed by atoms with E-state index in [-0.39, 0.29) is 18.9 Å². The molecular weight excluding hydrogens is 350 g/mol. The van der Waals surface area contributed by atoms with Crippen molar-refractivity contribution in [2.24, 2.45) is 0 Å². The third-order valence-electron chi connectivity index (χ3n) is 4.04. The first-order valence-corrected chi connectivity index (χ1v) is 9.91. The largest absolute Gasteiger partial charge is 0.325 e. The number of sulfonamides is 1. The molecule has 0 atom stereocenters. The van der Waals surface area contributed by atoms with Crippen LogP contribution < -0.4 is 9.62 Å². The number of nitrogens with one attached hydrogen (secondary N) is 1. The first kappa shape index (κ1) is 19.5. The summed E-state index contributed by atoms with van der Waals surface area (Å²) in [6.45, 7) is 3.87. The lowest BCUT2D eigenvalue weighted by atomic mass is 10.1. The van der Waals surface area contributed by atoms with Crippen LogP contribution in [0.25, 0.3) is 0 Å². The molecule has 1 N–H and O–H groups in total. The van der Waals surface area contributed by atoms with Crippen LogP contribution in [0.15, 0.2) is 42.5 Å². The van der Waals surface area contributed by atoms with Gasteiger partial charge in [0.1, 0.15) is 6.07 Å². The molecule has 0 saturated carbocycles. The molecule has 0 heterocycles. The molecule has 0 fully saturated rings. The number of hydrogen-bond donors (Lipinski definition) is 1. The fourth-order valence-electron chi connectivity index (χ4n) is 2.47. The standard InChI is InChI=1S/C19H21N3O3S/c1-14-8-9-17(12-15(14)2)22(26(3,24)25)11-10-19(23)21-18-7-5-4-6-16(18)13-20/h4-9,12H,10-11H2,1-3H3,(H,21,23). The number of carbonyl (C=O) groups excluding carboxylic acids is 1. The Balaban J connectivity index is 2.14. The molecule has 0 radical (unpaired) electrons. The van der Waals surface area contributed by atoms with Crippen molar-refractivity contribution in [1.82, 2.24) is 0 Å². The molecule has 26 heavy (non-hydrogen) atoms. The quantitative estimate of drug-likeness (QED) is 0.845. The number of rotatable bonds is 6.